The summed E-state index contributed by atoms with van der Waals surface area (Å²) in [5.41, 5.74) is 0.628. The first-order valence-corrected chi connectivity index (χ1v) is 6.96. The molecule has 2 rings (SSSR count). The molecule has 0 amide bonds. The van der Waals surface area contributed by atoms with Crippen molar-refractivity contribution in [1.29, 1.82) is 0 Å². The van der Waals surface area contributed by atoms with Crippen LogP contribution in [-0.4, -0.2) is 38.3 Å². The van der Waals surface area contributed by atoms with Gasteiger partial charge in [0.25, 0.3) is 0 Å². The zero-order valence-electron chi connectivity index (χ0n) is 12.0. The van der Waals surface area contributed by atoms with Crippen LogP contribution >= 0.6 is 0 Å². The van der Waals surface area contributed by atoms with Crippen LogP contribution in [0.2, 0.25) is 0 Å². The van der Waals surface area contributed by atoms with Gasteiger partial charge in [0, 0.05) is 25.3 Å². The van der Waals surface area contributed by atoms with E-state index < -0.39 is 5.54 Å². The van der Waals surface area contributed by atoms with Crippen molar-refractivity contribution in [3.05, 3.63) is 43.0 Å². The Morgan fingerprint density at radius 3 is 2.60 bits per heavy atom. The monoisotopic (exact) mass is 274 g/mol. The van der Waals surface area contributed by atoms with Crippen LogP contribution in [0, 0.1) is 0 Å². The number of esters is 1. The first kappa shape index (κ1) is 14.6. The van der Waals surface area contributed by atoms with Crippen molar-refractivity contribution in [2.45, 2.75) is 18.4 Å². The molecule has 0 atom stereocenters. The average molecular weight is 274 g/mol. The predicted octanol–water partition coefficient (Wildman–Crippen LogP) is 1.97. The molecule has 1 fully saturated rings. The molecular weight excluding hydrogens is 252 g/mol. The molecule has 0 aliphatic carbocycles. The van der Waals surface area contributed by atoms with E-state index >= 15 is 0 Å². The van der Waals surface area contributed by atoms with E-state index in [4.69, 9.17) is 4.74 Å². The zero-order chi connectivity index (χ0) is 14.4. The topological polar surface area (TPSA) is 41.6 Å². The van der Waals surface area contributed by atoms with E-state index in [1.807, 2.05) is 18.2 Å². The summed E-state index contributed by atoms with van der Waals surface area (Å²) in [6.07, 6.45) is 3.25. The van der Waals surface area contributed by atoms with Gasteiger partial charge in [-0.05, 0) is 25.0 Å². The lowest BCUT2D eigenvalue weighted by Gasteiger charge is -2.41. The van der Waals surface area contributed by atoms with Crippen LogP contribution in [0.15, 0.2) is 43.0 Å². The normalized spacial score (nSPS) is 17.6. The highest BCUT2D eigenvalue weighted by atomic mass is 16.5. The Hall–Kier alpha value is -1.81. The number of nitrogens with one attached hydrogen (secondary N) is 1. The molecule has 4 heteroatoms. The number of rotatable bonds is 5. The number of hydrogen-bond acceptors (Lipinski definition) is 4. The minimum Gasteiger partial charge on any atom is -0.468 e. The van der Waals surface area contributed by atoms with Gasteiger partial charge in [-0.3, -0.25) is 10.1 Å². The van der Waals surface area contributed by atoms with Crippen molar-refractivity contribution in [1.82, 2.24) is 5.32 Å². The number of methoxy groups -OCH3 is 1. The molecule has 0 spiro atoms. The molecule has 0 saturated carbocycles. The number of carbonyl (C=O) groups excluding carboxylic acids is 1. The molecule has 0 radical (unpaired) electrons. The van der Waals surface area contributed by atoms with E-state index in [-0.39, 0.29) is 5.97 Å². The molecule has 0 aromatic heterocycles. The van der Waals surface area contributed by atoms with Gasteiger partial charge in [-0.15, -0.1) is 6.58 Å². The number of hydrogen-bond donors (Lipinski definition) is 1. The maximum Gasteiger partial charge on any atom is 0.326 e. The van der Waals surface area contributed by atoms with Gasteiger partial charge < -0.3 is 9.64 Å². The summed E-state index contributed by atoms with van der Waals surface area (Å²) in [6, 6.07) is 10.3. The lowest BCUT2D eigenvalue weighted by molar-refractivity contribution is -0.149. The van der Waals surface area contributed by atoms with Crippen LogP contribution in [-0.2, 0) is 9.53 Å². The maximum absolute atomic E-state index is 12.1. The highest BCUT2D eigenvalue weighted by molar-refractivity contribution is 5.81. The third kappa shape index (κ3) is 3.02. The molecule has 108 valence electrons. The van der Waals surface area contributed by atoms with Crippen LogP contribution in [0.1, 0.15) is 12.8 Å². The van der Waals surface area contributed by atoms with E-state index in [0.717, 1.165) is 25.9 Å². The quantitative estimate of drug-likeness (QED) is 0.658. The van der Waals surface area contributed by atoms with E-state index in [0.29, 0.717) is 6.54 Å². The van der Waals surface area contributed by atoms with Crippen molar-refractivity contribution in [3.8, 4) is 0 Å². The van der Waals surface area contributed by atoms with Gasteiger partial charge >= 0.3 is 5.97 Å². The Morgan fingerprint density at radius 2 is 2.05 bits per heavy atom. The Balaban J connectivity index is 2.06. The second-order valence-corrected chi connectivity index (χ2v) is 5.07. The molecule has 1 aliphatic heterocycles. The second kappa shape index (κ2) is 6.57. The Labute approximate surface area is 120 Å². The summed E-state index contributed by atoms with van der Waals surface area (Å²) in [5, 5.41) is 3.29. The Bertz CT molecular complexity index is 451. The summed E-state index contributed by atoms with van der Waals surface area (Å²) in [7, 11) is 1.45. The molecule has 1 aliphatic rings. The molecule has 1 aromatic carbocycles. The van der Waals surface area contributed by atoms with Crippen LogP contribution in [0.5, 0.6) is 0 Å². The Morgan fingerprint density at radius 1 is 1.40 bits per heavy atom. The fourth-order valence-corrected chi connectivity index (χ4v) is 2.70. The molecule has 4 nitrogen and oxygen atoms in total. The fraction of sp³-hybridized carbons (Fsp3) is 0.438. The van der Waals surface area contributed by atoms with Crippen molar-refractivity contribution >= 4 is 11.7 Å². The molecule has 1 N–H and O–H groups in total. The minimum atomic E-state index is -0.575. The molecule has 0 unspecified atom stereocenters. The standard InChI is InChI=1S/C16H22N2O2/c1-3-11-17-16(15(19)20-2)9-12-18(13-10-16)14-7-5-4-6-8-14/h3-8,17H,1,9-13H2,2H3. The summed E-state index contributed by atoms with van der Waals surface area (Å²) in [6.45, 7) is 5.98. The number of carbonyl (C=O) groups is 1. The number of para-hydroxylation sites is 1. The van der Waals surface area contributed by atoms with E-state index in [2.05, 4.69) is 28.9 Å². The van der Waals surface area contributed by atoms with Gasteiger partial charge in [0.15, 0.2) is 0 Å². The smallest absolute Gasteiger partial charge is 0.326 e. The van der Waals surface area contributed by atoms with Crippen LogP contribution in [0.4, 0.5) is 5.69 Å². The van der Waals surface area contributed by atoms with Crippen LogP contribution < -0.4 is 10.2 Å². The summed E-state index contributed by atoms with van der Waals surface area (Å²) in [4.78, 5) is 14.4. The van der Waals surface area contributed by atoms with Crippen LogP contribution in [0.3, 0.4) is 0 Å². The van der Waals surface area contributed by atoms with Gasteiger partial charge in [0.05, 0.1) is 7.11 Å². The average Bonchev–Trinajstić information content (AvgIpc) is 2.53. The maximum atomic E-state index is 12.1. The van der Waals surface area contributed by atoms with Crippen molar-refractivity contribution < 1.29 is 9.53 Å². The third-order valence-electron chi connectivity index (χ3n) is 3.90. The highest BCUT2D eigenvalue weighted by Gasteiger charge is 2.41. The van der Waals surface area contributed by atoms with E-state index in [1.165, 1.54) is 12.8 Å². The first-order valence-electron chi connectivity index (χ1n) is 6.96. The summed E-state index contributed by atoms with van der Waals surface area (Å²) in [5.74, 6) is -0.174. The molecule has 20 heavy (non-hydrogen) atoms. The molecule has 1 heterocycles. The zero-order valence-corrected chi connectivity index (χ0v) is 12.0. The third-order valence-corrected chi connectivity index (χ3v) is 3.90. The SMILES string of the molecule is C=CCNC1(C(=O)OC)CCN(c2ccccc2)CC1. The van der Waals surface area contributed by atoms with Gasteiger partial charge in [0.1, 0.15) is 5.54 Å². The van der Waals surface area contributed by atoms with Crippen molar-refractivity contribution in [3.63, 3.8) is 0 Å². The molecular formula is C16H22N2O2. The second-order valence-electron chi connectivity index (χ2n) is 5.07. The summed E-state index contributed by atoms with van der Waals surface area (Å²) < 4.78 is 4.98. The fourth-order valence-electron chi connectivity index (χ4n) is 2.70. The molecule has 0 bridgehead atoms. The highest BCUT2D eigenvalue weighted by Crippen LogP contribution is 2.27. The first-order chi connectivity index (χ1) is 9.72. The molecule has 1 saturated heterocycles. The number of ether oxygens (including phenoxy) is 1. The summed E-state index contributed by atoms with van der Waals surface area (Å²) >= 11 is 0. The van der Waals surface area contributed by atoms with Gasteiger partial charge in [0.2, 0.25) is 0 Å². The van der Waals surface area contributed by atoms with Crippen LogP contribution in [0.25, 0.3) is 0 Å². The minimum absolute atomic E-state index is 0.174. The number of piperidine rings is 1. The van der Waals surface area contributed by atoms with E-state index in [9.17, 15) is 4.79 Å². The predicted molar refractivity (Wildman–Crippen MR) is 80.8 cm³/mol. The van der Waals surface area contributed by atoms with Gasteiger partial charge in [-0.25, -0.2) is 0 Å². The number of benzene rings is 1. The van der Waals surface area contributed by atoms with Crippen molar-refractivity contribution in [2.75, 3.05) is 31.6 Å². The lowest BCUT2D eigenvalue weighted by atomic mass is 9.87. The van der Waals surface area contributed by atoms with Gasteiger partial charge in [-0.1, -0.05) is 24.3 Å². The number of anilines is 1. The van der Waals surface area contributed by atoms with Crippen molar-refractivity contribution in [2.24, 2.45) is 0 Å². The largest absolute Gasteiger partial charge is 0.468 e. The molecule has 1 aromatic rings. The Kier molecular flexibility index (Phi) is 4.79. The lowest BCUT2D eigenvalue weighted by Crippen LogP contribution is -2.59. The number of nitrogens with zero attached hydrogens (tertiary/aromatic N) is 1. The van der Waals surface area contributed by atoms with E-state index in [1.54, 1.807) is 6.08 Å². The van der Waals surface area contributed by atoms with Gasteiger partial charge in [-0.2, -0.15) is 0 Å².